The second-order valence-corrected chi connectivity index (χ2v) is 6.47. The summed E-state index contributed by atoms with van der Waals surface area (Å²) in [6.07, 6.45) is 5.46. The number of hydrogen-bond acceptors (Lipinski definition) is 3. The van der Waals surface area contributed by atoms with Crippen LogP contribution in [0.25, 0.3) is 0 Å². The third-order valence-electron chi connectivity index (χ3n) is 5.15. The molecule has 1 unspecified atom stereocenters. The molecule has 4 nitrogen and oxygen atoms in total. The van der Waals surface area contributed by atoms with E-state index in [1.807, 2.05) is 18.2 Å². The Morgan fingerprint density at radius 2 is 1.87 bits per heavy atom. The van der Waals surface area contributed by atoms with Crippen LogP contribution >= 0.6 is 0 Å². The average Bonchev–Trinajstić information content (AvgIpc) is 2.89. The predicted molar refractivity (Wildman–Crippen MR) is 90.5 cm³/mol. The van der Waals surface area contributed by atoms with E-state index in [1.54, 1.807) is 12.1 Å². The van der Waals surface area contributed by atoms with E-state index >= 15 is 0 Å². The molecule has 0 radical (unpaired) electrons. The first-order valence-electron chi connectivity index (χ1n) is 8.10. The molecule has 1 aliphatic carbocycles. The normalized spacial score (nSPS) is 22.2. The standard InChI is InChI=1S/C19H18N2O2/c22-21(23)15-10-8-14(9-11-15)13-19-12-4-3-7-18(19)20-17-6-2-1-5-16(17)19/h1-2,5-6,8-11H,3-4,7,12-13H2. The lowest BCUT2D eigenvalue weighted by molar-refractivity contribution is -0.384. The Morgan fingerprint density at radius 3 is 2.65 bits per heavy atom. The van der Waals surface area contributed by atoms with E-state index in [-0.39, 0.29) is 16.0 Å². The van der Waals surface area contributed by atoms with Crippen molar-refractivity contribution in [2.75, 3.05) is 0 Å². The Balaban J connectivity index is 1.73. The Labute approximate surface area is 135 Å². The molecule has 1 saturated carbocycles. The first-order chi connectivity index (χ1) is 11.2. The zero-order chi connectivity index (χ0) is 15.9. The first-order valence-corrected chi connectivity index (χ1v) is 8.10. The minimum absolute atomic E-state index is 0.00895. The third-order valence-corrected chi connectivity index (χ3v) is 5.15. The maximum atomic E-state index is 10.8. The van der Waals surface area contributed by atoms with Crippen LogP contribution in [-0.2, 0) is 11.8 Å². The maximum absolute atomic E-state index is 10.8. The summed E-state index contributed by atoms with van der Waals surface area (Å²) in [5.74, 6) is 0. The fourth-order valence-electron chi connectivity index (χ4n) is 4.05. The van der Waals surface area contributed by atoms with Crippen molar-refractivity contribution in [2.24, 2.45) is 4.99 Å². The summed E-state index contributed by atoms with van der Waals surface area (Å²) in [6.45, 7) is 0. The van der Waals surface area contributed by atoms with Crippen LogP contribution in [0.15, 0.2) is 53.5 Å². The van der Waals surface area contributed by atoms with E-state index in [1.165, 1.54) is 24.1 Å². The van der Waals surface area contributed by atoms with Crippen LogP contribution in [0.3, 0.4) is 0 Å². The third kappa shape index (κ3) is 2.25. The molecule has 1 atom stereocenters. The number of nitro groups is 1. The predicted octanol–water partition coefficient (Wildman–Crippen LogP) is 4.74. The molecule has 0 bridgehead atoms. The number of nitrogens with zero attached hydrogens (tertiary/aromatic N) is 2. The Morgan fingerprint density at radius 1 is 1.09 bits per heavy atom. The van der Waals surface area contributed by atoms with E-state index in [9.17, 15) is 10.1 Å². The monoisotopic (exact) mass is 306 g/mol. The molecular formula is C19H18N2O2. The van der Waals surface area contributed by atoms with Gasteiger partial charge in [-0.15, -0.1) is 0 Å². The van der Waals surface area contributed by atoms with Crippen LogP contribution in [0, 0.1) is 10.1 Å². The fourth-order valence-corrected chi connectivity index (χ4v) is 4.05. The maximum Gasteiger partial charge on any atom is 0.269 e. The van der Waals surface area contributed by atoms with Crippen LogP contribution in [0.5, 0.6) is 0 Å². The van der Waals surface area contributed by atoms with Crippen molar-refractivity contribution in [3.63, 3.8) is 0 Å². The highest BCUT2D eigenvalue weighted by Gasteiger charge is 2.44. The van der Waals surface area contributed by atoms with Crippen LogP contribution in [-0.4, -0.2) is 10.6 Å². The molecular weight excluding hydrogens is 288 g/mol. The minimum atomic E-state index is -0.347. The summed E-state index contributed by atoms with van der Waals surface area (Å²) in [6, 6.07) is 15.4. The number of para-hydroxylation sites is 1. The molecule has 0 amide bonds. The van der Waals surface area contributed by atoms with E-state index in [4.69, 9.17) is 4.99 Å². The lowest BCUT2D eigenvalue weighted by Gasteiger charge is -2.36. The van der Waals surface area contributed by atoms with E-state index in [0.717, 1.165) is 30.5 Å². The first kappa shape index (κ1) is 14.1. The van der Waals surface area contributed by atoms with Gasteiger partial charge in [0.2, 0.25) is 0 Å². The van der Waals surface area contributed by atoms with Crippen LogP contribution < -0.4 is 0 Å². The van der Waals surface area contributed by atoms with Crippen molar-refractivity contribution in [2.45, 2.75) is 37.5 Å². The van der Waals surface area contributed by atoms with Crippen LogP contribution in [0.2, 0.25) is 0 Å². The van der Waals surface area contributed by atoms with Gasteiger partial charge in [-0.3, -0.25) is 15.1 Å². The van der Waals surface area contributed by atoms with E-state index in [0.29, 0.717) is 0 Å². The molecule has 116 valence electrons. The van der Waals surface area contributed by atoms with Crippen molar-refractivity contribution in [1.29, 1.82) is 0 Å². The van der Waals surface area contributed by atoms with E-state index < -0.39 is 0 Å². The van der Waals surface area contributed by atoms with Gasteiger partial charge in [0.15, 0.2) is 0 Å². The smallest absolute Gasteiger partial charge is 0.258 e. The molecule has 0 aromatic heterocycles. The van der Waals surface area contributed by atoms with Gasteiger partial charge in [-0.05, 0) is 42.9 Å². The quantitative estimate of drug-likeness (QED) is 0.607. The molecule has 1 fully saturated rings. The minimum Gasteiger partial charge on any atom is -0.258 e. The van der Waals surface area contributed by atoms with Crippen molar-refractivity contribution in [1.82, 2.24) is 0 Å². The highest BCUT2D eigenvalue weighted by molar-refractivity contribution is 6.02. The van der Waals surface area contributed by atoms with Gasteiger partial charge in [0.1, 0.15) is 0 Å². The average molecular weight is 306 g/mol. The molecule has 0 N–H and O–H groups in total. The summed E-state index contributed by atoms with van der Waals surface area (Å²) in [5.41, 5.74) is 5.01. The molecule has 2 aliphatic rings. The molecule has 2 aromatic carbocycles. The summed E-state index contributed by atoms with van der Waals surface area (Å²) in [5, 5.41) is 10.8. The Kier molecular flexibility index (Phi) is 3.26. The van der Waals surface area contributed by atoms with Gasteiger partial charge in [0, 0.05) is 23.3 Å². The summed E-state index contributed by atoms with van der Waals surface area (Å²) in [4.78, 5) is 15.4. The Bertz CT molecular complexity index is 795. The lowest BCUT2D eigenvalue weighted by Crippen LogP contribution is -2.38. The van der Waals surface area contributed by atoms with Gasteiger partial charge >= 0.3 is 0 Å². The zero-order valence-corrected chi connectivity index (χ0v) is 12.9. The number of benzene rings is 2. The van der Waals surface area contributed by atoms with Crippen LogP contribution in [0.1, 0.15) is 36.8 Å². The molecule has 0 spiro atoms. The second-order valence-electron chi connectivity index (χ2n) is 6.47. The molecule has 4 heteroatoms. The Hall–Kier alpha value is -2.49. The lowest BCUT2D eigenvalue weighted by atomic mass is 9.66. The largest absolute Gasteiger partial charge is 0.269 e. The summed E-state index contributed by atoms with van der Waals surface area (Å²) >= 11 is 0. The van der Waals surface area contributed by atoms with Gasteiger partial charge in [0.05, 0.1) is 10.6 Å². The second kappa shape index (κ2) is 5.30. The van der Waals surface area contributed by atoms with E-state index in [2.05, 4.69) is 18.2 Å². The van der Waals surface area contributed by atoms with Crippen molar-refractivity contribution < 1.29 is 4.92 Å². The fraction of sp³-hybridized carbons (Fsp3) is 0.316. The van der Waals surface area contributed by atoms with Gasteiger partial charge in [0.25, 0.3) is 5.69 Å². The van der Waals surface area contributed by atoms with Crippen molar-refractivity contribution in [3.05, 3.63) is 69.8 Å². The number of fused-ring (bicyclic) bond motifs is 3. The topological polar surface area (TPSA) is 55.5 Å². The number of nitro benzene ring substituents is 1. The van der Waals surface area contributed by atoms with Gasteiger partial charge in [-0.1, -0.05) is 36.8 Å². The number of aliphatic imine (C=N–C) groups is 1. The molecule has 0 saturated heterocycles. The number of rotatable bonds is 3. The van der Waals surface area contributed by atoms with Gasteiger partial charge < -0.3 is 0 Å². The molecule has 1 aliphatic heterocycles. The molecule has 1 heterocycles. The molecule has 23 heavy (non-hydrogen) atoms. The number of hydrogen-bond donors (Lipinski definition) is 0. The molecule has 4 rings (SSSR count). The zero-order valence-electron chi connectivity index (χ0n) is 12.9. The summed E-state index contributed by atoms with van der Waals surface area (Å²) < 4.78 is 0. The van der Waals surface area contributed by atoms with Gasteiger partial charge in [-0.2, -0.15) is 0 Å². The SMILES string of the molecule is O=[N+]([O-])c1ccc(CC23CCCCC2=Nc2ccccc23)cc1. The van der Waals surface area contributed by atoms with Crippen LogP contribution in [0.4, 0.5) is 11.4 Å². The highest BCUT2D eigenvalue weighted by Crippen LogP contribution is 2.49. The number of non-ortho nitro benzene ring substituents is 1. The summed E-state index contributed by atoms with van der Waals surface area (Å²) in [7, 11) is 0. The highest BCUT2D eigenvalue weighted by atomic mass is 16.6. The van der Waals surface area contributed by atoms with Gasteiger partial charge in [-0.25, -0.2) is 0 Å². The van der Waals surface area contributed by atoms with Crippen molar-refractivity contribution >= 4 is 17.1 Å². The van der Waals surface area contributed by atoms with Crippen molar-refractivity contribution in [3.8, 4) is 0 Å². The molecule has 2 aromatic rings.